The van der Waals surface area contributed by atoms with Crippen LogP contribution < -0.4 is 0 Å². The predicted molar refractivity (Wildman–Crippen MR) is 66.9 cm³/mol. The van der Waals surface area contributed by atoms with Gasteiger partial charge in [0.15, 0.2) is 0 Å². The Kier molecular flexibility index (Phi) is 8.67. The minimum Gasteiger partial charge on any atom is -0.388 e. The van der Waals surface area contributed by atoms with Gasteiger partial charge in [0.05, 0.1) is 5.85 Å². The first-order chi connectivity index (χ1) is 6.19. The molecular formula is C10H24OP2. The van der Waals surface area contributed by atoms with E-state index < -0.39 is 0 Å². The molecule has 0 rings (SSSR count). The number of aliphatic hydroxyl groups is 1. The molecule has 80 valence electrons. The Morgan fingerprint density at radius 2 is 1.38 bits per heavy atom. The molecule has 0 radical (unpaired) electrons. The molecule has 13 heavy (non-hydrogen) atoms. The Morgan fingerprint density at radius 3 is 1.69 bits per heavy atom. The molecule has 0 spiro atoms. The number of hydrogen-bond donors (Lipinski definition) is 1. The van der Waals surface area contributed by atoms with Crippen LogP contribution in [0.25, 0.3) is 0 Å². The first-order valence-corrected chi connectivity index (χ1v) is 9.01. The summed E-state index contributed by atoms with van der Waals surface area (Å²) in [6, 6.07) is 0. The maximum Gasteiger partial charge on any atom is 0.0769 e. The highest BCUT2D eigenvalue weighted by molar-refractivity contribution is 7.62. The third kappa shape index (κ3) is 5.31. The van der Waals surface area contributed by atoms with Gasteiger partial charge in [0.2, 0.25) is 0 Å². The van der Waals surface area contributed by atoms with Crippen LogP contribution in [0.5, 0.6) is 0 Å². The Morgan fingerprint density at radius 1 is 0.923 bits per heavy atom. The lowest BCUT2D eigenvalue weighted by Gasteiger charge is -2.24. The molecule has 1 nitrogen and oxygen atoms in total. The molecule has 0 bridgehead atoms. The van der Waals surface area contributed by atoms with Crippen molar-refractivity contribution in [3.8, 4) is 0 Å². The molecule has 3 heteroatoms. The fourth-order valence-electron chi connectivity index (χ4n) is 1.47. The third-order valence-electron chi connectivity index (χ3n) is 2.55. The molecule has 0 aromatic carbocycles. The summed E-state index contributed by atoms with van der Waals surface area (Å²) in [5.74, 6) is 0.0241. The van der Waals surface area contributed by atoms with Crippen LogP contribution in [0.3, 0.4) is 0 Å². The summed E-state index contributed by atoms with van der Waals surface area (Å²) in [6.45, 7) is 8.92. The minimum absolute atomic E-state index is 0.0241. The van der Waals surface area contributed by atoms with Crippen molar-refractivity contribution >= 4 is 15.8 Å². The molecule has 0 aromatic heterocycles. The van der Waals surface area contributed by atoms with E-state index in [-0.39, 0.29) is 21.7 Å². The lowest BCUT2D eigenvalue weighted by atomic mass is 10.8. The lowest BCUT2D eigenvalue weighted by molar-refractivity contribution is 0.280. The van der Waals surface area contributed by atoms with E-state index >= 15 is 0 Å². The largest absolute Gasteiger partial charge is 0.388 e. The zero-order valence-corrected chi connectivity index (χ0v) is 11.2. The van der Waals surface area contributed by atoms with E-state index in [0.29, 0.717) is 0 Å². The van der Waals surface area contributed by atoms with Crippen LogP contribution in [0.2, 0.25) is 0 Å². The zero-order chi connectivity index (χ0) is 10.3. The third-order valence-corrected chi connectivity index (χ3v) is 8.14. The first-order valence-electron chi connectivity index (χ1n) is 5.33. The van der Waals surface area contributed by atoms with Gasteiger partial charge < -0.3 is 5.11 Å². The van der Waals surface area contributed by atoms with E-state index in [2.05, 4.69) is 27.7 Å². The molecule has 1 N–H and O–H groups in total. The van der Waals surface area contributed by atoms with Crippen molar-refractivity contribution in [1.82, 2.24) is 0 Å². The quantitative estimate of drug-likeness (QED) is 0.655. The highest BCUT2D eigenvalue weighted by Gasteiger charge is 2.17. The summed E-state index contributed by atoms with van der Waals surface area (Å²) in [5.41, 5.74) is 0. The van der Waals surface area contributed by atoms with Crippen molar-refractivity contribution in [2.75, 3.05) is 30.8 Å². The van der Waals surface area contributed by atoms with Gasteiger partial charge in [-0.25, -0.2) is 0 Å². The summed E-state index contributed by atoms with van der Waals surface area (Å²) >= 11 is 0. The van der Waals surface area contributed by atoms with Crippen LogP contribution in [-0.2, 0) is 0 Å². The van der Waals surface area contributed by atoms with Gasteiger partial charge in [-0.1, -0.05) is 35.6 Å². The molecule has 0 aromatic rings. The molecule has 0 saturated carbocycles. The van der Waals surface area contributed by atoms with Gasteiger partial charge in [0.1, 0.15) is 0 Å². The second kappa shape index (κ2) is 8.16. The monoisotopic (exact) mass is 222 g/mol. The Balaban J connectivity index is 3.87. The van der Waals surface area contributed by atoms with Crippen LogP contribution in [0, 0.1) is 0 Å². The average Bonchev–Trinajstić information content (AvgIpc) is 2.16. The fourth-order valence-corrected chi connectivity index (χ4v) is 5.81. The van der Waals surface area contributed by atoms with Crippen LogP contribution >= 0.6 is 15.8 Å². The molecule has 0 fully saturated rings. The van der Waals surface area contributed by atoms with Gasteiger partial charge in [-0.15, -0.1) is 7.92 Å². The number of rotatable bonds is 7. The fraction of sp³-hybridized carbons (Fsp3) is 1.00. The Hall–Kier alpha value is 0.820. The Bertz CT molecular complexity index is 111. The van der Waals surface area contributed by atoms with Gasteiger partial charge in [-0.2, -0.15) is 0 Å². The highest BCUT2D eigenvalue weighted by atomic mass is 31.1. The van der Waals surface area contributed by atoms with Gasteiger partial charge in [-0.3, -0.25) is 0 Å². The van der Waals surface area contributed by atoms with Crippen molar-refractivity contribution in [1.29, 1.82) is 0 Å². The van der Waals surface area contributed by atoms with E-state index in [1.54, 1.807) is 0 Å². The van der Waals surface area contributed by atoms with Crippen LogP contribution in [0.1, 0.15) is 27.7 Å². The smallest absolute Gasteiger partial charge is 0.0769 e. The molecule has 1 atom stereocenters. The second-order valence-corrected chi connectivity index (χ2v) is 9.20. The van der Waals surface area contributed by atoms with E-state index in [1.165, 1.54) is 24.6 Å². The normalized spacial score (nSPS) is 14.1. The molecule has 0 aliphatic heterocycles. The average molecular weight is 222 g/mol. The maximum absolute atomic E-state index is 9.99. The zero-order valence-electron chi connectivity index (χ0n) is 9.45. The van der Waals surface area contributed by atoms with Crippen LogP contribution in [-0.4, -0.2) is 41.8 Å². The molecule has 0 amide bonds. The predicted octanol–water partition coefficient (Wildman–Crippen LogP) is 3.35. The van der Waals surface area contributed by atoms with Crippen molar-refractivity contribution in [2.45, 2.75) is 33.5 Å². The maximum atomic E-state index is 9.99. The topological polar surface area (TPSA) is 20.2 Å². The van der Waals surface area contributed by atoms with Crippen molar-refractivity contribution in [3.63, 3.8) is 0 Å². The number of aliphatic hydroxyl groups excluding tert-OH is 1. The van der Waals surface area contributed by atoms with Crippen molar-refractivity contribution in [2.24, 2.45) is 0 Å². The molecular weight excluding hydrogens is 198 g/mol. The van der Waals surface area contributed by atoms with E-state index in [4.69, 9.17) is 0 Å². The van der Waals surface area contributed by atoms with Crippen LogP contribution in [0.4, 0.5) is 0 Å². The molecule has 1 unspecified atom stereocenters. The minimum atomic E-state index is -0.0896. The molecule has 0 heterocycles. The molecule has 0 aliphatic rings. The SMILES string of the molecule is CCP(CC)CC(O)P(CC)CC. The van der Waals surface area contributed by atoms with Gasteiger partial charge in [-0.05, 0) is 30.8 Å². The second-order valence-electron chi connectivity index (χ2n) is 3.19. The van der Waals surface area contributed by atoms with Crippen LogP contribution in [0.15, 0.2) is 0 Å². The lowest BCUT2D eigenvalue weighted by Crippen LogP contribution is -2.12. The number of hydrogen-bond acceptors (Lipinski definition) is 1. The van der Waals surface area contributed by atoms with Gasteiger partial charge >= 0.3 is 0 Å². The summed E-state index contributed by atoms with van der Waals surface area (Å²) in [7, 11) is 0.0370. The summed E-state index contributed by atoms with van der Waals surface area (Å²) in [4.78, 5) is 0. The standard InChI is InChI=1S/C10H24OP2/c1-5-12(6-2)9-10(11)13(7-3)8-4/h10-11H,5-9H2,1-4H3. The van der Waals surface area contributed by atoms with Crippen molar-refractivity contribution < 1.29 is 5.11 Å². The summed E-state index contributed by atoms with van der Waals surface area (Å²) < 4.78 is 0. The summed E-state index contributed by atoms with van der Waals surface area (Å²) in [6.07, 6.45) is 6.02. The van der Waals surface area contributed by atoms with Gasteiger partial charge in [0, 0.05) is 0 Å². The van der Waals surface area contributed by atoms with E-state index in [0.717, 1.165) is 6.16 Å². The molecule has 0 aliphatic carbocycles. The van der Waals surface area contributed by atoms with E-state index in [1.807, 2.05) is 0 Å². The van der Waals surface area contributed by atoms with Gasteiger partial charge in [0.25, 0.3) is 0 Å². The van der Waals surface area contributed by atoms with E-state index in [9.17, 15) is 5.11 Å². The van der Waals surface area contributed by atoms with Crippen molar-refractivity contribution in [3.05, 3.63) is 0 Å². The highest BCUT2D eigenvalue weighted by Crippen LogP contribution is 2.46. The molecule has 0 saturated heterocycles. The Labute approximate surface area is 85.8 Å². The first kappa shape index (κ1) is 13.8. The summed E-state index contributed by atoms with van der Waals surface area (Å²) in [5, 5.41) is 9.99.